The maximum absolute atomic E-state index is 12.4. The number of methoxy groups -OCH3 is 1. The molecule has 0 spiro atoms. The molecule has 1 aliphatic rings. The molecular formula is C18H23N3O3. The van der Waals surface area contributed by atoms with Crippen LogP contribution in [-0.4, -0.2) is 54.6 Å². The molecule has 0 bridgehead atoms. The van der Waals surface area contributed by atoms with E-state index in [1.165, 1.54) is 0 Å². The number of benzene rings is 1. The maximum Gasteiger partial charge on any atom is 0.269 e. The van der Waals surface area contributed by atoms with Gasteiger partial charge in [-0.25, -0.2) is 4.68 Å². The molecule has 0 atom stereocenters. The van der Waals surface area contributed by atoms with E-state index in [2.05, 4.69) is 10.00 Å². The van der Waals surface area contributed by atoms with E-state index in [9.17, 15) is 4.79 Å². The van der Waals surface area contributed by atoms with Crippen LogP contribution < -0.4 is 10.3 Å². The van der Waals surface area contributed by atoms with Gasteiger partial charge in [-0.05, 0) is 25.1 Å². The van der Waals surface area contributed by atoms with Crippen LogP contribution in [0.1, 0.15) is 5.56 Å². The van der Waals surface area contributed by atoms with Gasteiger partial charge in [-0.15, -0.1) is 0 Å². The topological polar surface area (TPSA) is 56.6 Å². The zero-order valence-electron chi connectivity index (χ0n) is 14.2. The van der Waals surface area contributed by atoms with Crippen LogP contribution in [0.25, 0.3) is 11.3 Å². The lowest BCUT2D eigenvalue weighted by molar-refractivity contribution is 0.0358. The van der Waals surface area contributed by atoms with E-state index in [0.29, 0.717) is 12.1 Å². The molecule has 2 aromatic rings. The highest BCUT2D eigenvalue weighted by molar-refractivity contribution is 5.61. The molecule has 0 unspecified atom stereocenters. The lowest BCUT2D eigenvalue weighted by Gasteiger charge is -2.26. The van der Waals surface area contributed by atoms with Crippen molar-refractivity contribution in [1.82, 2.24) is 14.7 Å². The molecule has 3 rings (SSSR count). The molecule has 6 heteroatoms. The summed E-state index contributed by atoms with van der Waals surface area (Å²) >= 11 is 0. The molecule has 0 saturated carbocycles. The smallest absolute Gasteiger partial charge is 0.269 e. The van der Waals surface area contributed by atoms with Crippen molar-refractivity contribution in [3.63, 3.8) is 0 Å². The van der Waals surface area contributed by atoms with Crippen molar-refractivity contribution in [3.8, 4) is 17.0 Å². The maximum atomic E-state index is 12.4. The van der Waals surface area contributed by atoms with Crippen LogP contribution in [0.2, 0.25) is 0 Å². The van der Waals surface area contributed by atoms with Crippen LogP contribution >= 0.6 is 0 Å². The highest BCUT2D eigenvalue weighted by Crippen LogP contribution is 2.21. The van der Waals surface area contributed by atoms with Crippen molar-refractivity contribution in [2.45, 2.75) is 13.5 Å². The summed E-state index contributed by atoms with van der Waals surface area (Å²) < 4.78 is 12.2. The number of aromatic nitrogens is 2. The summed E-state index contributed by atoms with van der Waals surface area (Å²) in [6.07, 6.45) is 0. The molecule has 1 aliphatic heterocycles. The highest BCUT2D eigenvalue weighted by Gasteiger charge is 2.12. The van der Waals surface area contributed by atoms with E-state index >= 15 is 0 Å². The van der Waals surface area contributed by atoms with E-state index in [0.717, 1.165) is 49.9 Å². The second kappa shape index (κ2) is 7.59. The minimum Gasteiger partial charge on any atom is -0.497 e. The molecule has 1 aromatic heterocycles. The van der Waals surface area contributed by atoms with Crippen LogP contribution in [0.4, 0.5) is 0 Å². The first-order valence-corrected chi connectivity index (χ1v) is 8.20. The molecule has 0 radical (unpaired) electrons. The second-order valence-corrected chi connectivity index (χ2v) is 5.93. The Morgan fingerprint density at radius 2 is 2.00 bits per heavy atom. The van der Waals surface area contributed by atoms with Gasteiger partial charge in [-0.1, -0.05) is 12.1 Å². The second-order valence-electron chi connectivity index (χ2n) is 5.93. The Bertz CT molecular complexity index is 751. The van der Waals surface area contributed by atoms with Gasteiger partial charge in [0.2, 0.25) is 0 Å². The van der Waals surface area contributed by atoms with E-state index in [4.69, 9.17) is 9.47 Å². The Balaban J connectivity index is 1.83. The average molecular weight is 329 g/mol. The van der Waals surface area contributed by atoms with Gasteiger partial charge in [-0.2, -0.15) is 5.10 Å². The zero-order chi connectivity index (χ0) is 16.9. The first-order valence-electron chi connectivity index (χ1n) is 8.20. The van der Waals surface area contributed by atoms with Gasteiger partial charge in [0.15, 0.2) is 0 Å². The molecule has 2 heterocycles. The van der Waals surface area contributed by atoms with E-state index < -0.39 is 0 Å². The molecular weight excluding hydrogens is 306 g/mol. The van der Waals surface area contributed by atoms with Gasteiger partial charge in [0.05, 0.1) is 32.6 Å². The van der Waals surface area contributed by atoms with Crippen molar-refractivity contribution in [1.29, 1.82) is 0 Å². The van der Waals surface area contributed by atoms with E-state index in [1.807, 2.05) is 37.3 Å². The summed E-state index contributed by atoms with van der Waals surface area (Å²) in [5, 5.41) is 4.55. The van der Waals surface area contributed by atoms with Crippen LogP contribution in [0.15, 0.2) is 35.1 Å². The number of hydrogen-bond donors (Lipinski definition) is 0. The Morgan fingerprint density at radius 1 is 1.21 bits per heavy atom. The van der Waals surface area contributed by atoms with Gasteiger partial charge in [0.1, 0.15) is 5.75 Å². The fourth-order valence-corrected chi connectivity index (χ4v) is 2.81. The van der Waals surface area contributed by atoms with Gasteiger partial charge in [0.25, 0.3) is 5.56 Å². The summed E-state index contributed by atoms with van der Waals surface area (Å²) in [7, 11) is 1.64. The van der Waals surface area contributed by atoms with Crippen LogP contribution in [0.5, 0.6) is 5.75 Å². The number of hydrogen-bond acceptors (Lipinski definition) is 5. The van der Waals surface area contributed by atoms with Crippen molar-refractivity contribution >= 4 is 0 Å². The van der Waals surface area contributed by atoms with Crippen molar-refractivity contribution < 1.29 is 9.47 Å². The molecule has 6 nitrogen and oxygen atoms in total. The van der Waals surface area contributed by atoms with E-state index in [-0.39, 0.29) is 5.56 Å². The highest BCUT2D eigenvalue weighted by atomic mass is 16.5. The third-order valence-electron chi connectivity index (χ3n) is 4.25. The van der Waals surface area contributed by atoms with Gasteiger partial charge < -0.3 is 9.47 Å². The molecule has 128 valence electrons. The number of aryl methyl sites for hydroxylation is 1. The largest absolute Gasteiger partial charge is 0.497 e. The summed E-state index contributed by atoms with van der Waals surface area (Å²) in [6, 6.07) is 9.56. The van der Waals surface area contributed by atoms with Gasteiger partial charge in [0, 0.05) is 30.8 Å². The summed E-state index contributed by atoms with van der Waals surface area (Å²) in [5.74, 6) is 0.776. The van der Waals surface area contributed by atoms with Crippen LogP contribution in [0, 0.1) is 6.92 Å². The summed E-state index contributed by atoms with van der Waals surface area (Å²) in [5.41, 5.74) is 2.39. The average Bonchev–Trinajstić information content (AvgIpc) is 2.63. The third kappa shape index (κ3) is 3.83. The summed E-state index contributed by atoms with van der Waals surface area (Å²) in [6.45, 7) is 6.54. The molecule has 1 aromatic carbocycles. The predicted octanol–water partition coefficient (Wildman–Crippen LogP) is 1.56. The van der Waals surface area contributed by atoms with Crippen molar-refractivity contribution in [3.05, 3.63) is 46.2 Å². The van der Waals surface area contributed by atoms with Crippen LogP contribution in [0.3, 0.4) is 0 Å². The first-order chi connectivity index (χ1) is 11.7. The van der Waals surface area contributed by atoms with E-state index in [1.54, 1.807) is 11.8 Å². The number of morpholine rings is 1. The SMILES string of the molecule is COc1cccc(-c2cc(C)c(=O)n(CCN3CCOCC3)n2)c1. The number of nitrogens with zero attached hydrogens (tertiary/aromatic N) is 3. The van der Waals surface area contributed by atoms with Crippen molar-refractivity contribution in [2.75, 3.05) is 40.0 Å². The van der Waals surface area contributed by atoms with Gasteiger partial charge >= 0.3 is 0 Å². The Morgan fingerprint density at radius 3 is 2.75 bits per heavy atom. The molecule has 0 aliphatic carbocycles. The van der Waals surface area contributed by atoms with Crippen molar-refractivity contribution in [2.24, 2.45) is 0 Å². The third-order valence-corrected chi connectivity index (χ3v) is 4.25. The molecule has 0 N–H and O–H groups in total. The standard InChI is InChI=1S/C18H23N3O3/c1-14-12-17(15-4-3-5-16(13-15)23-2)19-21(18(14)22)7-6-20-8-10-24-11-9-20/h3-5,12-13H,6-11H2,1-2H3. The van der Waals surface area contributed by atoms with Gasteiger partial charge in [-0.3, -0.25) is 9.69 Å². The zero-order valence-corrected chi connectivity index (χ0v) is 14.2. The predicted molar refractivity (Wildman–Crippen MR) is 92.5 cm³/mol. The summed E-state index contributed by atoms with van der Waals surface area (Å²) in [4.78, 5) is 14.7. The Labute approximate surface area is 141 Å². The normalized spacial score (nSPS) is 15.4. The Hall–Kier alpha value is -2.18. The lowest BCUT2D eigenvalue weighted by atomic mass is 10.1. The quantitative estimate of drug-likeness (QED) is 0.833. The Kier molecular flexibility index (Phi) is 5.27. The fraction of sp³-hybridized carbons (Fsp3) is 0.444. The number of rotatable bonds is 5. The molecule has 1 fully saturated rings. The first kappa shape index (κ1) is 16.7. The molecule has 0 amide bonds. The molecule has 1 saturated heterocycles. The minimum atomic E-state index is -0.0325. The minimum absolute atomic E-state index is 0.0325. The fourth-order valence-electron chi connectivity index (χ4n) is 2.81. The van der Waals surface area contributed by atoms with Crippen LogP contribution in [-0.2, 0) is 11.3 Å². The molecule has 24 heavy (non-hydrogen) atoms. The lowest BCUT2D eigenvalue weighted by Crippen LogP contribution is -2.40. The number of ether oxygens (including phenoxy) is 2. The monoisotopic (exact) mass is 329 g/mol.